The molecule has 2 aromatic carbocycles. The SMILES string of the molecule is Cc1cccc(C2(C(=O)N3C4CCC3CC(Cc3ccc5cnccc5c3)C4)CCOCC2)c1. The lowest BCUT2D eigenvalue weighted by Gasteiger charge is -2.46. The third-order valence-electron chi connectivity index (χ3n) is 8.62. The highest BCUT2D eigenvalue weighted by Crippen LogP contribution is 2.45. The van der Waals surface area contributed by atoms with Gasteiger partial charge in [-0.1, -0.05) is 48.0 Å². The molecule has 0 N–H and O–H groups in total. The number of nitrogens with zero attached hydrogens (tertiary/aromatic N) is 2. The highest BCUT2D eigenvalue weighted by Gasteiger charge is 2.51. The number of hydrogen-bond acceptors (Lipinski definition) is 3. The van der Waals surface area contributed by atoms with Crippen molar-refractivity contribution in [2.75, 3.05) is 13.2 Å². The van der Waals surface area contributed by atoms with E-state index in [4.69, 9.17) is 4.74 Å². The fourth-order valence-electron chi connectivity index (χ4n) is 6.92. The van der Waals surface area contributed by atoms with Crippen molar-refractivity contribution in [2.45, 2.75) is 69.4 Å². The third kappa shape index (κ3) is 3.82. The lowest BCUT2D eigenvalue weighted by molar-refractivity contribution is -0.146. The molecule has 1 amide bonds. The van der Waals surface area contributed by atoms with Gasteiger partial charge in [0.1, 0.15) is 0 Å². The van der Waals surface area contributed by atoms with E-state index in [1.165, 1.54) is 27.5 Å². The second-order valence-corrected chi connectivity index (χ2v) is 10.8. The minimum absolute atomic E-state index is 0.366. The Hall–Kier alpha value is -2.72. The molecule has 0 radical (unpaired) electrons. The maximum atomic E-state index is 14.3. The van der Waals surface area contributed by atoms with Crippen molar-refractivity contribution in [2.24, 2.45) is 5.92 Å². The third-order valence-corrected chi connectivity index (χ3v) is 8.62. The molecule has 4 nitrogen and oxygen atoms in total. The van der Waals surface area contributed by atoms with Crippen LogP contribution >= 0.6 is 0 Å². The predicted molar refractivity (Wildman–Crippen MR) is 135 cm³/mol. The van der Waals surface area contributed by atoms with Crippen LogP contribution in [0.25, 0.3) is 10.8 Å². The van der Waals surface area contributed by atoms with Crippen LogP contribution in [-0.4, -0.2) is 41.1 Å². The van der Waals surface area contributed by atoms with E-state index in [0.29, 0.717) is 37.1 Å². The van der Waals surface area contributed by atoms with Crippen molar-refractivity contribution in [3.63, 3.8) is 0 Å². The molecule has 3 aromatic rings. The molecule has 4 heteroatoms. The number of fused-ring (bicyclic) bond motifs is 3. The molecule has 0 aliphatic carbocycles. The van der Waals surface area contributed by atoms with E-state index in [1.54, 1.807) is 0 Å². The van der Waals surface area contributed by atoms with Gasteiger partial charge in [-0.05, 0) is 80.4 Å². The number of carbonyl (C=O) groups is 1. The molecule has 34 heavy (non-hydrogen) atoms. The molecule has 176 valence electrons. The summed E-state index contributed by atoms with van der Waals surface area (Å²) in [5.74, 6) is 1.01. The minimum atomic E-state index is -0.426. The molecule has 1 aromatic heterocycles. The van der Waals surface area contributed by atoms with Crippen LogP contribution in [-0.2, 0) is 21.4 Å². The quantitative estimate of drug-likeness (QED) is 0.515. The Morgan fingerprint density at radius 2 is 1.82 bits per heavy atom. The van der Waals surface area contributed by atoms with Crippen LogP contribution in [0.4, 0.5) is 0 Å². The van der Waals surface area contributed by atoms with Crippen molar-refractivity contribution in [1.82, 2.24) is 9.88 Å². The fraction of sp³-hybridized carbons (Fsp3) is 0.467. The number of ether oxygens (including phenoxy) is 1. The first-order valence-electron chi connectivity index (χ1n) is 12.9. The summed E-state index contributed by atoms with van der Waals surface area (Å²) in [5, 5.41) is 2.47. The molecule has 3 fully saturated rings. The first-order valence-corrected chi connectivity index (χ1v) is 12.9. The van der Waals surface area contributed by atoms with Gasteiger partial charge >= 0.3 is 0 Å². The van der Waals surface area contributed by atoms with E-state index in [-0.39, 0.29) is 0 Å². The number of pyridine rings is 1. The van der Waals surface area contributed by atoms with Crippen molar-refractivity contribution >= 4 is 16.7 Å². The topological polar surface area (TPSA) is 42.4 Å². The minimum Gasteiger partial charge on any atom is -0.381 e. The van der Waals surface area contributed by atoms with Crippen molar-refractivity contribution in [1.29, 1.82) is 0 Å². The summed E-state index contributed by atoms with van der Waals surface area (Å²) in [7, 11) is 0. The molecule has 3 saturated heterocycles. The molecule has 2 unspecified atom stereocenters. The number of carbonyl (C=O) groups excluding carboxylic acids is 1. The Labute approximate surface area is 202 Å². The summed E-state index contributed by atoms with van der Waals surface area (Å²) >= 11 is 0. The fourth-order valence-corrected chi connectivity index (χ4v) is 6.92. The Bertz CT molecular complexity index is 1190. The molecule has 6 rings (SSSR count). The average molecular weight is 455 g/mol. The van der Waals surface area contributed by atoms with E-state index in [9.17, 15) is 4.79 Å². The van der Waals surface area contributed by atoms with E-state index >= 15 is 0 Å². The molecule has 0 spiro atoms. The van der Waals surface area contributed by atoms with Crippen LogP contribution in [0.15, 0.2) is 60.9 Å². The number of aryl methyl sites for hydroxylation is 1. The lowest BCUT2D eigenvalue weighted by Crippen LogP contribution is -2.56. The Morgan fingerprint density at radius 3 is 2.59 bits per heavy atom. The normalized spacial score (nSPS) is 26.0. The monoisotopic (exact) mass is 454 g/mol. The van der Waals surface area contributed by atoms with Gasteiger partial charge in [-0.3, -0.25) is 9.78 Å². The number of rotatable bonds is 4. The summed E-state index contributed by atoms with van der Waals surface area (Å²) in [5.41, 5.74) is 3.39. The lowest BCUT2D eigenvalue weighted by atomic mass is 9.71. The molecule has 3 aliphatic rings. The number of benzene rings is 2. The Morgan fingerprint density at radius 1 is 1.03 bits per heavy atom. The number of aromatic nitrogens is 1. The van der Waals surface area contributed by atoms with Gasteiger partial charge in [-0.2, -0.15) is 0 Å². The first-order chi connectivity index (χ1) is 16.6. The van der Waals surface area contributed by atoms with Gasteiger partial charge in [0.05, 0.1) is 5.41 Å². The smallest absolute Gasteiger partial charge is 0.233 e. The second kappa shape index (κ2) is 8.81. The van der Waals surface area contributed by atoms with Gasteiger partial charge in [-0.25, -0.2) is 0 Å². The van der Waals surface area contributed by atoms with Gasteiger partial charge in [0, 0.05) is 43.1 Å². The molecule has 3 aliphatic heterocycles. The molecule has 2 atom stereocenters. The summed E-state index contributed by atoms with van der Waals surface area (Å²) in [4.78, 5) is 20.9. The maximum Gasteiger partial charge on any atom is 0.233 e. The van der Waals surface area contributed by atoms with E-state index in [0.717, 1.165) is 44.9 Å². The van der Waals surface area contributed by atoms with Gasteiger partial charge in [0.15, 0.2) is 0 Å². The standard InChI is InChI=1S/C30H34N2O2/c1-21-3-2-4-26(15-21)30(10-13-34-14-11-30)29(33)32-27-7-8-28(32)19-23(18-27)16-22-5-6-25-20-31-12-9-24(25)17-22/h2-6,9,12,15,17,20,23,27-28H,7-8,10-11,13-14,16,18-19H2,1H3. The second-order valence-electron chi connectivity index (χ2n) is 10.8. The van der Waals surface area contributed by atoms with Crippen LogP contribution in [0, 0.1) is 12.8 Å². The summed E-state index contributed by atoms with van der Waals surface area (Å²) in [6.45, 7) is 3.46. The van der Waals surface area contributed by atoms with E-state index in [1.807, 2.05) is 12.4 Å². The molecule has 2 bridgehead atoms. The zero-order valence-electron chi connectivity index (χ0n) is 20.1. The van der Waals surface area contributed by atoms with Gasteiger partial charge in [0.2, 0.25) is 5.91 Å². The van der Waals surface area contributed by atoms with Crippen LogP contribution in [0.2, 0.25) is 0 Å². The maximum absolute atomic E-state index is 14.3. The number of amides is 1. The Balaban J connectivity index is 1.23. The van der Waals surface area contributed by atoms with E-state index in [2.05, 4.69) is 65.3 Å². The summed E-state index contributed by atoms with van der Waals surface area (Å²) in [6, 6.07) is 18.3. The summed E-state index contributed by atoms with van der Waals surface area (Å²) in [6.07, 6.45) is 11.0. The number of piperidine rings is 1. The molecule has 4 heterocycles. The zero-order valence-corrected chi connectivity index (χ0v) is 20.1. The van der Waals surface area contributed by atoms with Crippen molar-refractivity contribution < 1.29 is 9.53 Å². The van der Waals surface area contributed by atoms with Crippen LogP contribution in [0.1, 0.15) is 55.2 Å². The molecule has 0 saturated carbocycles. The van der Waals surface area contributed by atoms with Crippen LogP contribution in [0.3, 0.4) is 0 Å². The van der Waals surface area contributed by atoms with Gasteiger partial charge < -0.3 is 9.64 Å². The highest BCUT2D eigenvalue weighted by atomic mass is 16.5. The number of hydrogen-bond donors (Lipinski definition) is 0. The Kier molecular flexibility index (Phi) is 5.65. The van der Waals surface area contributed by atoms with Gasteiger partial charge in [0.25, 0.3) is 0 Å². The largest absolute Gasteiger partial charge is 0.381 e. The van der Waals surface area contributed by atoms with Crippen LogP contribution in [0.5, 0.6) is 0 Å². The summed E-state index contributed by atoms with van der Waals surface area (Å²) < 4.78 is 5.72. The zero-order chi connectivity index (χ0) is 23.1. The van der Waals surface area contributed by atoms with Crippen molar-refractivity contribution in [3.8, 4) is 0 Å². The molecular weight excluding hydrogens is 420 g/mol. The van der Waals surface area contributed by atoms with Gasteiger partial charge in [-0.15, -0.1) is 0 Å². The van der Waals surface area contributed by atoms with Crippen LogP contribution < -0.4 is 0 Å². The first kappa shape index (κ1) is 21.8. The molecular formula is C30H34N2O2. The highest BCUT2D eigenvalue weighted by molar-refractivity contribution is 5.89. The average Bonchev–Trinajstić information content (AvgIpc) is 3.13. The van der Waals surface area contributed by atoms with E-state index < -0.39 is 5.41 Å². The van der Waals surface area contributed by atoms with Crippen molar-refractivity contribution in [3.05, 3.63) is 77.6 Å². The predicted octanol–water partition coefficient (Wildman–Crippen LogP) is 5.60.